The monoisotopic (exact) mass is 363 g/mol. The number of fused-ring (bicyclic) bond motifs is 1. The maximum Gasteiger partial charge on any atom is 0.241 e. The lowest BCUT2D eigenvalue weighted by Gasteiger charge is -2.34. The highest BCUT2D eigenvalue weighted by molar-refractivity contribution is 7.10. The van der Waals surface area contributed by atoms with Gasteiger partial charge in [0, 0.05) is 30.4 Å². The highest BCUT2D eigenvalue weighted by Gasteiger charge is 2.31. The van der Waals surface area contributed by atoms with Crippen molar-refractivity contribution >= 4 is 34.5 Å². The van der Waals surface area contributed by atoms with E-state index in [0.717, 1.165) is 13.0 Å². The van der Waals surface area contributed by atoms with Crippen molar-refractivity contribution in [3.8, 4) is 0 Å². The number of amides is 2. The molecule has 0 spiro atoms. The van der Waals surface area contributed by atoms with Crippen LogP contribution in [-0.2, 0) is 16.0 Å². The topological polar surface area (TPSA) is 52.7 Å². The van der Waals surface area contributed by atoms with Gasteiger partial charge in [0.1, 0.15) is 0 Å². The summed E-state index contributed by atoms with van der Waals surface area (Å²) >= 11 is 3.51. The Hall–Kier alpha value is -1.70. The average Bonchev–Trinajstić information content (AvgIpc) is 3.23. The number of carbonyl (C=O) groups is 2. The molecule has 0 bridgehead atoms. The zero-order valence-corrected chi connectivity index (χ0v) is 15.5. The number of hydrogen-bond donors (Lipinski definition) is 1. The van der Waals surface area contributed by atoms with Crippen molar-refractivity contribution < 1.29 is 9.59 Å². The van der Waals surface area contributed by atoms with Gasteiger partial charge in [-0.3, -0.25) is 14.5 Å². The van der Waals surface area contributed by atoms with Gasteiger partial charge in [-0.2, -0.15) is 0 Å². The number of nitrogens with one attached hydrogen (secondary N) is 1. The molecule has 1 N–H and O–H groups in total. The Bertz CT molecular complexity index is 709. The van der Waals surface area contributed by atoms with Gasteiger partial charge in [-0.1, -0.05) is 6.07 Å². The van der Waals surface area contributed by atoms with Gasteiger partial charge in [-0.05, 0) is 34.9 Å². The molecule has 2 amide bonds. The summed E-state index contributed by atoms with van der Waals surface area (Å²) in [4.78, 5) is 30.3. The normalized spacial score (nSPS) is 17.3. The van der Waals surface area contributed by atoms with Crippen LogP contribution < -0.4 is 5.32 Å². The fourth-order valence-electron chi connectivity index (χ4n) is 2.89. The summed E-state index contributed by atoms with van der Waals surface area (Å²) in [7, 11) is 3.37. The quantitative estimate of drug-likeness (QED) is 0.884. The second-order valence-corrected chi connectivity index (χ2v) is 7.98. The van der Waals surface area contributed by atoms with Crippen LogP contribution in [-0.4, -0.2) is 55.3 Å². The van der Waals surface area contributed by atoms with Crippen LogP contribution in [0.2, 0.25) is 0 Å². The van der Waals surface area contributed by atoms with Crippen LogP contribution in [0.25, 0.3) is 0 Å². The van der Waals surface area contributed by atoms with E-state index in [4.69, 9.17) is 0 Å². The van der Waals surface area contributed by atoms with E-state index in [1.807, 2.05) is 0 Å². The van der Waals surface area contributed by atoms with Crippen molar-refractivity contribution in [2.75, 3.05) is 33.7 Å². The van der Waals surface area contributed by atoms with Crippen LogP contribution in [0.5, 0.6) is 0 Å². The highest BCUT2D eigenvalue weighted by atomic mass is 32.1. The lowest BCUT2D eigenvalue weighted by atomic mass is 9.98. The lowest BCUT2D eigenvalue weighted by molar-refractivity contribution is -0.131. The molecule has 24 heavy (non-hydrogen) atoms. The SMILES string of the molecule is CN(C)C(=O)CNC(=O)CN1CCc2sccc2[C@@H]1c1cccs1. The molecule has 0 aliphatic carbocycles. The number of nitrogens with zero attached hydrogens (tertiary/aromatic N) is 2. The minimum absolute atomic E-state index is 0.0487. The fourth-order valence-corrected chi connectivity index (χ4v) is 4.67. The molecule has 2 aromatic rings. The predicted octanol–water partition coefficient (Wildman–Crippen LogP) is 1.96. The fraction of sp³-hybridized carbons (Fsp3) is 0.412. The van der Waals surface area contributed by atoms with Crippen molar-refractivity contribution in [3.05, 3.63) is 44.3 Å². The van der Waals surface area contributed by atoms with Gasteiger partial charge in [0.15, 0.2) is 0 Å². The Morgan fingerprint density at radius 3 is 2.83 bits per heavy atom. The van der Waals surface area contributed by atoms with Crippen molar-refractivity contribution in [3.63, 3.8) is 0 Å². The van der Waals surface area contributed by atoms with Crippen molar-refractivity contribution in [1.82, 2.24) is 15.1 Å². The number of likely N-dealkylation sites (N-methyl/N-ethyl adjacent to an activating group) is 1. The molecule has 1 aliphatic heterocycles. The summed E-state index contributed by atoms with van der Waals surface area (Å²) in [6, 6.07) is 6.48. The molecule has 3 rings (SSSR count). The molecule has 0 aromatic carbocycles. The Morgan fingerprint density at radius 2 is 2.12 bits per heavy atom. The standard InChI is InChI=1S/C17H21N3O2S2/c1-19(2)16(22)10-18-15(21)11-20-7-5-13-12(6-9-24-13)17(20)14-4-3-8-23-14/h3-4,6,8-9,17H,5,7,10-11H2,1-2H3,(H,18,21)/t17-/m1/s1. The van der Waals surface area contributed by atoms with E-state index in [1.54, 1.807) is 36.8 Å². The maximum atomic E-state index is 12.3. The molecule has 2 aromatic heterocycles. The first-order chi connectivity index (χ1) is 11.6. The first kappa shape index (κ1) is 17.1. The first-order valence-corrected chi connectivity index (χ1v) is 9.62. The number of carbonyl (C=O) groups excluding carboxylic acids is 2. The van der Waals surface area contributed by atoms with E-state index in [-0.39, 0.29) is 24.4 Å². The van der Waals surface area contributed by atoms with Crippen molar-refractivity contribution in [2.24, 2.45) is 0 Å². The highest BCUT2D eigenvalue weighted by Crippen LogP contribution is 2.39. The van der Waals surface area contributed by atoms with Crippen molar-refractivity contribution in [2.45, 2.75) is 12.5 Å². The van der Waals surface area contributed by atoms with Gasteiger partial charge in [0.2, 0.25) is 11.8 Å². The summed E-state index contributed by atoms with van der Waals surface area (Å²) in [5.41, 5.74) is 1.31. The largest absolute Gasteiger partial charge is 0.347 e. The predicted molar refractivity (Wildman–Crippen MR) is 97.5 cm³/mol. The minimum Gasteiger partial charge on any atom is -0.347 e. The molecule has 0 unspecified atom stereocenters. The van der Waals surface area contributed by atoms with Crippen LogP contribution in [0.1, 0.15) is 21.4 Å². The van der Waals surface area contributed by atoms with Gasteiger partial charge in [-0.25, -0.2) is 0 Å². The van der Waals surface area contributed by atoms with Crippen LogP contribution >= 0.6 is 22.7 Å². The Balaban J connectivity index is 1.70. The summed E-state index contributed by atoms with van der Waals surface area (Å²) in [6.45, 7) is 1.21. The van der Waals surface area contributed by atoms with Crippen LogP contribution in [0, 0.1) is 0 Å². The smallest absolute Gasteiger partial charge is 0.241 e. The summed E-state index contributed by atoms with van der Waals surface area (Å²) in [5, 5.41) is 6.93. The summed E-state index contributed by atoms with van der Waals surface area (Å²) in [5.74, 6) is -0.206. The van der Waals surface area contributed by atoms with Crippen LogP contribution in [0.15, 0.2) is 29.0 Å². The molecule has 7 heteroatoms. The number of thiophene rings is 2. The van der Waals surface area contributed by atoms with E-state index in [0.29, 0.717) is 6.54 Å². The lowest BCUT2D eigenvalue weighted by Crippen LogP contribution is -2.44. The molecule has 5 nitrogen and oxygen atoms in total. The molecular weight excluding hydrogens is 342 g/mol. The zero-order chi connectivity index (χ0) is 17.1. The van der Waals surface area contributed by atoms with Gasteiger partial charge < -0.3 is 10.2 Å². The van der Waals surface area contributed by atoms with Crippen LogP contribution in [0.4, 0.5) is 0 Å². The number of rotatable bonds is 5. The van der Waals surface area contributed by atoms with E-state index < -0.39 is 0 Å². The number of hydrogen-bond acceptors (Lipinski definition) is 5. The van der Waals surface area contributed by atoms with E-state index in [2.05, 4.69) is 39.2 Å². The molecular formula is C17H21N3O2S2. The Kier molecular flexibility index (Phi) is 5.33. The third-order valence-corrected chi connectivity index (χ3v) is 6.08. The molecule has 128 valence electrons. The van der Waals surface area contributed by atoms with Gasteiger partial charge in [0.05, 0.1) is 19.1 Å². The Morgan fingerprint density at radius 1 is 1.29 bits per heavy atom. The summed E-state index contributed by atoms with van der Waals surface area (Å²) in [6.07, 6.45) is 0.971. The third-order valence-electron chi connectivity index (χ3n) is 4.16. The molecule has 3 heterocycles. The second-order valence-electron chi connectivity index (χ2n) is 6.00. The molecule has 1 atom stereocenters. The first-order valence-electron chi connectivity index (χ1n) is 7.87. The van der Waals surface area contributed by atoms with E-state index >= 15 is 0 Å². The minimum atomic E-state index is -0.106. The molecule has 1 aliphatic rings. The average molecular weight is 364 g/mol. The van der Waals surface area contributed by atoms with Crippen molar-refractivity contribution in [1.29, 1.82) is 0 Å². The Labute approximate surface area is 149 Å². The molecule has 0 saturated carbocycles. The second kappa shape index (κ2) is 7.46. The van der Waals surface area contributed by atoms with Crippen LogP contribution in [0.3, 0.4) is 0 Å². The van der Waals surface area contributed by atoms with Gasteiger partial charge in [-0.15, -0.1) is 22.7 Å². The van der Waals surface area contributed by atoms with Gasteiger partial charge in [0.25, 0.3) is 0 Å². The van der Waals surface area contributed by atoms with E-state index in [1.165, 1.54) is 20.2 Å². The molecule has 0 saturated heterocycles. The molecule has 0 radical (unpaired) electrons. The maximum absolute atomic E-state index is 12.3. The van der Waals surface area contributed by atoms with Gasteiger partial charge >= 0.3 is 0 Å². The summed E-state index contributed by atoms with van der Waals surface area (Å²) < 4.78 is 0. The zero-order valence-electron chi connectivity index (χ0n) is 13.8. The third kappa shape index (κ3) is 3.68. The molecule has 0 fully saturated rings. The van der Waals surface area contributed by atoms with E-state index in [9.17, 15) is 9.59 Å².